The topological polar surface area (TPSA) is 17.1 Å². The molecule has 0 rings (SSSR count). The third kappa shape index (κ3) is 12.9. The second-order valence-electron chi connectivity index (χ2n) is 3.53. The molecule has 0 unspecified atom stereocenters. The van der Waals surface area contributed by atoms with E-state index in [4.69, 9.17) is 0 Å². The molecule has 0 bridgehead atoms. The van der Waals surface area contributed by atoms with Gasteiger partial charge in [-0.05, 0) is 32.6 Å². The maximum Gasteiger partial charge on any atom is 0.130 e. The Labute approximate surface area is 93.6 Å². The molecule has 1 heteroatoms. The van der Waals surface area contributed by atoms with E-state index in [2.05, 4.69) is 43.4 Å². The highest BCUT2D eigenvalue weighted by molar-refractivity contribution is 5.75. The molecule has 0 aromatic carbocycles. The van der Waals surface area contributed by atoms with Gasteiger partial charge in [0.1, 0.15) is 5.78 Å². The van der Waals surface area contributed by atoms with Crippen LogP contribution in [-0.4, -0.2) is 5.78 Å². The Morgan fingerprint density at radius 2 is 1.47 bits per heavy atom. The van der Waals surface area contributed by atoms with Crippen molar-refractivity contribution in [3.05, 3.63) is 36.5 Å². The van der Waals surface area contributed by atoms with Crippen LogP contribution in [0.3, 0.4) is 0 Å². The van der Waals surface area contributed by atoms with Crippen LogP contribution in [0.2, 0.25) is 0 Å². The Bertz CT molecular complexity index is 234. The van der Waals surface area contributed by atoms with Gasteiger partial charge in [-0.2, -0.15) is 0 Å². The van der Waals surface area contributed by atoms with E-state index < -0.39 is 0 Å². The molecule has 0 fully saturated rings. The zero-order valence-corrected chi connectivity index (χ0v) is 9.91. The van der Waals surface area contributed by atoms with Crippen molar-refractivity contribution in [1.82, 2.24) is 0 Å². The number of rotatable bonds is 8. The standard InChI is InChI=1S/C14H22O/c1-3-4-5-6-7-8-9-10-11-12-13-14(2)15/h4-5,7-8,10-11H,3,6,9,12-13H2,1-2H3/b5-4?,8-7+,11-10+. The van der Waals surface area contributed by atoms with Crippen LogP contribution in [-0.2, 0) is 4.79 Å². The number of hydrogen-bond acceptors (Lipinski definition) is 1. The lowest BCUT2D eigenvalue weighted by atomic mass is 10.2. The first kappa shape index (κ1) is 13.9. The fraction of sp³-hybridized carbons (Fsp3) is 0.500. The highest BCUT2D eigenvalue weighted by Gasteiger charge is 1.87. The van der Waals surface area contributed by atoms with Crippen molar-refractivity contribution >= 4 is 5.78 Å². The molecule has 0 radical (unpaired) electrons. The van der Waals surface area contributed by atoms with Crippen molar-refractivity contribution in [3.8, 4) is 0 Å². The third-order valence-corrected chi connectivity index (χ3v) is 1.94. The Hall–Kier alpha value is -1.11. The number of ketones is 1. The van der Waals surface area contributed by atoms with Crippen LogP contribution in [0.25, 0.3) is 0 Å². The van der Waals surface area contributed by atoms with Crippen LogP contribution in [0, 0.1) is 0 Å². The Kier molecular flexibility index (Phi) is 10.2. The molecule has 0 amide bonds. The maximum absolute atomic E-state index is 10.6. The van der Waals surface area contributed by atoms with Gasteiger partial charge in [-0.15, -0.1) is 0 Å². The molecule has 0 aliphatic heterocycles. The van der Waals surface area contributed by atoms with Crippen molar-refractivity contribution in [2.75, 3.05) is 0 Å². The van der Waals surface area contributed by atoms with Gasteiger partial charge in [-0.1, -0.05) is 43.4 Å². The lowest BCUT2D eigenvalue weighted by Gasteiger charge is -1.87. The molecule has 15 heavy (non-hydrogen) atoms. The average Bonchev–Trinajstić information content (AvgIpc) is 2.20. The third-order valence-electron chi connectivity index (χ3n) is 1.94. The predicted molar refractivity (Wildman–Crippen MR) is 66.9 cm³/mol. The van der Waals surface area contributed by atoms with Crippen LogP contribution >= 0.6 is 0 Å². The molecule has 0 aliphatic carbocycles. The highest BCUT2D eigenvalue weighted by atomic mass is 16.1. The molecular weight excluding hydrogens is 184 g/mol. The van der Waals surface area contributed by atoms with Gasteiger partial charge in [0.2, 0.25) is 0 Å². The molecule has 0 heterocycles. The quantitative estimate of drug-likeness (QED) is 0.543. The summed E-state index contributed by atoms with van der Waals surface area (Å²) < 4.78 is 0. The molecule has 0 aromatic heterocycles. The summed E-state index contributed by atoms with van der Waals surface area (Å²) in [4.78, 5) is 10.6. The van der Waals surface area contributed by atoms with Crippen molar-refractivity contribution in [3.63, 3.8) is 0 Å². The van der Waals surface area contributed by atoms with Gasteiger partial charge in [0.25, 0.3) is 0 Å². The summed E-state index contributed by atoms with van der Waals surface area (Å²) in [6, 6.07) is 0. The smallest absolute Gasteiger partial charge is 0.130 e. The fourth-order valence-corrected chi connectivity index (χ4v) is 1.11. The minimum Gasteiger partial charge on any atom is -0.300 e. The zero-order chi connectivity index (χ0) is 11.4. The number of Topliss-reactive ketones (excluding diaryl/α,β-unsaturated/α-hetero) is 1. The largest absolute Gasteiger partial charge is 0.300 e. The summed E-state index contributed by atoms with van der Waals surface area (Å²) in [5, 5.41) is 0. The van der Waals surface area contributed by atoms with Gasteiger partial charge in [0.05, 0.1) is 0 Å². The van der Waals surface area contributed by atoms with E-state index in [1.54, 1.807) is 6.92 Å². The molecule has 1 nitrogen and oxygen atoms in total. The molecule has 0 saturated heterocycles. The molecular formula is C14H22O. The van der Waals surface area contributed by atoms with Crippen LogP contribution in [0.15, 0.2) is 36.5 Å². The summed E-state index contributed by atoms with van der Waals surface area (Å²) >= 11 is 0. The minimum atomic E-state index is 0.264. The van der Waals surface area contributed by atoms with Crippen LogP contribution in [0.1, 0.15) is 46.0 Å². The molecule has 0 atom stereocenters. The van der Waals surface area contributed by atoms with E-state index in [-0.39, 0.29) is 5.78 Å². The van der Waals surface area contributed by atoms with E-state index in [9.17, 15) is 4.79 Å². The first-order chi connectivity index (χ1) is 7.27. The lowest BCUT2D eigenvalue weighted by molar-refractivity contribution is -0.116. The van der Waals surface area contributed by atoms with Crippen molar-refractivity contribution in [1.29, 1.82) is 0 Å². The second kappa shape index (κ2) is 11.0. The van der Waals surface area contributed by atoms with Gasteiger partial charge >= 0.3 is 0 Å². The van der Waals surface area contributed by atoms with Crippen molar-refractivity contribution < 1.29 is 4.79 Å². The molecule has 0 N–H and O–H groups in total. The number of carbonyl (C=O) groups is 1. The molecule has 0 spiro atoms. The number of carbonyl (C=O) groups excluding carboxylic acids is 1. The molecule has 0 aromatic rings. The molecule has 0 aliphatic rings. The monoisotopic (exact) mass is 206 g/mol. The minimum absolute atomic E-state index is 0.264. The number of hydrogen-bond donors (Lipinski definition) is 0. The molecule has 84 valence electrons. The Morgan fingerprint density at radius 1 is 0.933 bits per heavy atom. The maximum atomic E-state index is 10.6. The highest BCUT2D eigenvalue weighted by Crippen LogP contribution is 1.96. The summed E-state index contributed by atoms with van der Waals surface area (Å²) in [7, 11) is 0. The van der Waals surface area contributed by atoms with E-state index in [0.29, 0.717) is 6.42 Å². The van der Waals surface area contributed by atoms with E-state index in [1.807, 2.05) is 0 Å². The normalized spacial score (nSPS) is 12.1. The Morgan fingerprint density at radius 3 is 2.00 bits per heavy atom. The van der Waals surface area contributed by atoms with Gasteiger partial charge in [-0.25, -0.2) is 0 Å². The van der Waals surface area contributed by atoms with Crippen LogP contribution in [0.4, 0.5) is 0 Å². The van der Waals surface area contributed by atoms with Gasteiger partial charge in [-0.3, -0.25) is 0 Å². The van der Waals surface area contributed by atoms with Crippen LogP contribution < -0.4 is 0 Å². The average molecular weight is 206 g/mol. The van der Waals surface area contributed by atoms with Gasteiger partial charge in [0, 0.05) is 6.42 Å². The van der Waals surface area contributed by atoms with Gasteiger partial charge < -0.3 is 4.79 Å². The fourth-order valence-electron chi connectivity index (χ4n) is 1.11. The summed E-state index contributed by atoms with van der Waals surface area (Å²) in [6.45, 7) is 3.77. The summed E-state index contributed by atoms with van der Waals surface area (Å²) in [5.41, 5.74) is 0. The first-order valence-corrected chi connectivity index (χ1v) is 5.71. The first-order valence-electron chi connectivity index (χ1n) is 5.71. The predicted octanol–water partition coefficient (Wildman–Crippen LogP) is 4.21. The lowest BCUT2D eigenvalue weighted by Crippen LogP contribution is -1.85. The SMILES string of the molecule is CCC=CC/C=C/C/C=C/CCC(C)=O. The second-order valence-corrected chi connectivity index (χ2v) is 3.53. The summed E-state index contributed by atoms with van der Waals surface area (Å²) in [5.74, 6) is 0.264. The number of allylic oxidation sites excluding steroid dienone is 6. The van der Waals surface area contributed by atoms with Crippen LogP contribution in [0.5, 0.6) is 0 Å². The van der Waals surface area contributed by atoms with Crippen molar-refractivity contribution in [2.24, 2.45) is 0 Å². The van der Waals surface area contributed by atoms with Gasteiger partial charge in [0.15, 0.2) is 0 Å². The molecule has 0 saturated carbocycles. The van der Waals surface area contributed by atoms with E-state index in [0.717, 1.165) is 25.7 Å². The zero-order valence-electron chi connectivity index (χ0n) is 9.91. The van der Waals surface area contributed by atoms with Crippen molar-refractivity contribution in [2.45, 2.75) is 46.0 Å². The Balaban J connectivity index is 3.36. The van der Waals surface area contributed by atoms with E-state index in [1.165, 1.54) is 0 Å². The summed E-state index contributed by atoms with van der Waals surface area (Å²) in [6.07, 6.45) is 17.5. The van der Waals surface area contributed by atoms with E-state index >= 15 is 0 Å².